The maximum atomic E-state index is 12.4. The molecule has 0 radical (unpaired) electrons. The third-order valence-corrected chi connectivity index (χ3v) is 4.93. The molecule has 1 N–H and O–H groups in total. The summed E-state index contributed by atoms with van der Waals surface area (Å²) in [5, 5.41) is 8.63. The zero-order chi connectivity index (χ0) is 16.7. The number of halogens is 2. The summed E-state index contributed by atoms with van der Waals surface area (Å²) in [5.41, 5.74) is 2.41. The molecule has 3 heterocycles. The number of hydrogen-bond donors (Lipinski definition) is 1. The molecule has 24 heavy (non-hydrogen) atoms. The molecule has 6 nitrogen and oxygen atoms in total. The molecule has 128 valence electrons. The van der Waals surface area contributed by atoms with E-state index < -0.39 is 13.0 Å². The van der Waals surface area contributed by atoms with Crippen LogP contribution >= 0.6 is 0 Å². The van der Waals surface area contributed by atoms with Gasteiger partial charge in [-0.1, -0.05) is 13.3 Å². The van der Waals surface area contributed by atoms with E-state index >= 15 is 0 Å². The van der Waals surface area contributed by atoms with Gasteiger partial charge >= 0.3 is 0 Å². The van der Waals surface area contributed by atoms with Crippen LogP contribution in [0, 0.1) is 5.92 Å². The Morgan fingerprint density at radius 2 is 2.25 bits per heavy atom. The molecule has 1 aliphatic rings. The average molecular weight is 335 g/mol. The first-order chi connectivity index (χ1) is 11.7. The maximum absolute atomic E-state index is 12.4. The third-order valence-electron chi connectivity index (χ3n) is 4.93. The number of fused-ring (bicyclic) bond motifs is 3. The number of H-pyrrole nitrogens is 1. The molecule has 0 aromatic carbocycles. The summed E-state index contributed by atoms with van der Waals surface area (Å²) in [7, 11) is 0. The summed E-state index contributed by atoms with van der Waals surface area (Å²) in [5.74, 6) is 1.36. The highest BCUT2D eigenvalue weighted by molar-refractivity contribution is 5.74. The minimum Gasteiger partial charge on any atom is -0.372 e. The molecule has 1 saturated carbocycles. The number of aromatic nitrogens is 5. The van der Waals surface area contributed by atoms with E-state index in [2.05, 4.69) is 27.1 Å². The quantitative estimate of drug-likeness (QED) is 0.778. The van der Waals surface area contributed by atoms with E-state index in [4.69, 9.17) is 4.74 Å². The zero-order valence-corrected chi connectivity index (χ0v) is 13.3. The Morgan fingerprint density at radius 3 is 3.04 bits per heavy atom. The van der Waals surface area contributed by atoms with Gasteiger partial charge in [0.15, 0.2) is 11.3 Å². The summed E-state index contributed by atoms with van der Waals surface area (Å²) in [6.45, 7) is 1.62. The van der Waals surface area contributed by atoms with Gasteiger partial charge in [-0.25, -0.2) is 13.8 Å². The minimum absolute atomic E-state index is 0.146. The number of ether oxygens (including phenoxy) is 1. The fourth-order valence-electron chi connectivity index (χ4n) is 3.82. The molecule has 0 saturated heterocycles. The fraction of sp³-hybridized carbons (Fsp3) is 0.562. The summed E-state index contributed by atoms with van der Waals surface area (Å²) in [6.07, 6.45) is 3.38. The molecule has 3 aromatic heterocycles. The van der Waals surface area contributed by atoms with Crippen molar-refractivity contribution in [3.05, 3.63) is 24.3 Å². The summed E-state index contributed by atoms with van der Waals surface area (Å²) in [4.78, 5) is 7.42. The molecule has 1 aliphatic carbocycles. The van der Waals surface area contributed by atoms with Crippen LogP contribution in [-0.2, 0) is 4.74 Å². The van der Waals surface area contributed by atoms with Gasteiger partial charge in [-0.3, -0.25) is 4.40 Å². The van der Waals surface area contributed by atoms with Crippen molar-refractivity contribution in [1.82, 2.24) is 24.6 Å². The molecule has 3 atom stereocenters. The Kier molecular flexibility index (Phi) is 3.91. The van der Waals surface area contributed by atoms with Crippen molar-refractivity contribution in [3.8, 4) is 0 Å². The first-order valence-corrected chi connectivity index (χ1v) is 8.24. The molecule has 8 heteroatoms. The molecule has 1 fully saturated rings. The predicted molar refractivity (Wildman–Crippen MR) is 84.1 cm³/mol. The van der Waals surface area contributed by atoms with Crippen molar-refractivity contribution >= 4 is 16.8 Å². The van der Waals surface area contributed by atoms with E-state index in [9.17, 15) is 8.78 Å². The van der Waals surface area contributed by atoms with Crippen LogP contribution in [0.5, 0.6) is 0 Å². The number of nitrogens with zero attached hydrogens (tertiary/aromatic N) is 4. The van der Waals surface area contributed by atoms with Crippen LogP contribution in [-0.4, -0.2) is 43.7 Å². The van der Waals surface area contributed by atoms with Crippen molar-refractivity contribution in [2.45, 2.75) is 44.6 Å². The maximum Gasteiger partial charge on any atom is 0.261 e. The Bertz CT molecular complexity index is 845. The number of aromatic amines is 1. The smallest absolute Gasteiger partial charge is 0.261 e. The summed E-state index contributed by atoms with van der Waals surface area (Å²) in [6, 6.07) is 1.95. The van der Waals surface area contributed by atoms with E-state index in [1.165, 1.54) is 0 Å². The van der Waals surface area contributed by atoms with Crippen LogP contribution in [0.4, 0.5) is 8.78 Å². The van der Waals surface area contributed by atoms with Crippen molar-refractivity contribution in [2.24, 2.45) is 5.92 Å². The molecule has 0 bridgehead atoms. The molecule has 4 rings (SSSR count). The molecule has 3 aromatic rings. The van der Waals surface area contributed by atoms with Gasteiger partial charge in [0.2, 0.25) is 0 Å². The predicted octanol–water partition coefficient (Wildman–Crippen LogP) is 3.16. The number of alkyl halides is 2. The van der Waals surface area contributed by atoms with E-state index in [0.29, 0.717) is 18.0 Å². The Hall–Kier alpha value is -2.09. The van der Waals surface area contributed by atoms with E-state index in [-0.39, 0.29) is 12.0 Å². The lowest BCUT2D eigenvalue weighted by molar-refractivity contribution is -0.0227. The van der Waals surface area contributed by atoms with Crippen molar-refractivity contribution in [1.29, 1.82) is 0 Å². The topological polar surface area (TPSA) is 68.1 Å². The Labute approximate surface area is 137 Å². The largest absolute Gasteiger partial charge is 0.372 e. The van der Waals surface area contributed by atoms with E-state index in [0.717, 1.165) is 29.8 Å². The standard InChI is InChI=1S/C16H19F2N5O/c1-2-9-5-10(24-8-13(17)18)6-11(9)16-22-21-14-7-20-15-12(23(14)16)3-4-19-15/h3-4,7,9-11,13,19H,2,5-6,8H2,1H3/t9-,10+,11+/m1/s1. The highest BCUT2D eigenvalue weighted by atomic mass is 19.3. The van der Waals surface area contributed by atoms with Crippen molar-refractivity contribution < 1.29 is 13.5 Å². The number of nitrogens with one attached hydrogen (secondary N) is 1. The molecular weight excluding hydrogens is 316 g/mol. The van der Waals surface area contributed by atoms with Gasteiger partial charge in [0.05, 0.1) is 17.8 Å². The van der Waals surface area contributed by atoms with Gasteiger partial charge in [0, 0.05) is 12.1 Å². The zero-order valence-electron chi connectivity index (χ0n) is 13.3. The van der Waals surface area contributed by atoms with Gasteiger partial charge in [-0.05, 0) is 24.8 Å². The second-order valence-corrected chi connectivity index (χ2v) is 6.31. The lowest BCUT2D eigenvalue weighted by Gasteiger charge is -2.15. The van der Waals surface area contributed by atoms with Crippen LogP contribution in [0.25, 0.3) is 16.8 Å². The second kappa shape index (κ2) is 6.08. The molecule has 0 unspecified atom stereocenters. The first-order valence-electron chi connectivity index (χ1n) is 8.24. The summed E-state index contributed by atoms with van der Waals surface area (Å²) >= 11 is 0. The molecule has 0 spiro atoms. The van der Waals surface area contributed by atoms with Gasteiger partial charge < -0.3 is 9.72 Å². The monoisotopic (exact) mass is 335 g/mol. The highest BCUT2D eigenvalue weighted by Crippen LogP contribution is 2.42. The highest BCUT2D eigenvalue weighted by Gasteiger charge is 2.38. The lowest BCUT2D eigenvalue weighted by Crippen LogP contribution is -2.14. The van der Waals surface area contributed by atoms with Crippen LogP contribution in [0.3, 0.4) is 0 Å². The first kappa shape index (κ1) is 15.4. The number of hydrogen-bond acceptors (Lipinski definition) is 4. The van der Waals surface area contributed by atoms with Crippen molar-refractivity contribution in [2.75, 3.05) is 6.61 Å². The fourth-order valence-corrected chi connectivity index (χ4v) is 3.82. The van der Waals surface area contributed by atoms with Gasteiger partial charge in [-0.15, -0.1) is 10.2 Å². The van der Waals surface area contributed by atoms with Crippen LogP contribution in [0.2, 0.25) is 0 Å². The SMILES string of the molecule is CC[C@@H]1C[C@H](OCC(F)F)C[C@@H]1c1nnc2cnc3[nH]ccc3n12. The third kappa shape index (κ3) is 2.54. The average Bonchev–Trinajstić information content (AvgIpc) is 3.28. The molecule has 0 amide bonds. The molecular formula is C16H19F2N5O. The lowest BCUT2D eigenvalue weighted by atomic mass is 9.93. The van der Waals surface area contributed by atoms with Gasteiger partial charge in [-0.2, -0.15) is 0 Å². The number of rotatable bonds is 5. The van der Waals surface area contributed by atoms with Crippen LogP contribution < -0.4 is 0 Å². The van der Waals surface area contributed by atoms with Gasteiger partial charge in [0.25, 0.3) is 6.43 Å². The van der Waals surface area contributed by atoms with Crippen LogP contribution in [0.1, 0.15) is 37.9 Å². The Balaban J connectivity index is 1.69. The van der Waals surface area contributed by atoms with Gasteiger partial charge in [0.1, 0.15) is 12.4 Å². The molecule has 0 aliphatic heterocycles. The van der Waals surface area contributed by atoms with E-state index in [1.807, 2.05) is 16.7 Å². The second-order valence-electron chi connectivity index (χ2n) is 6.31. The Morgan fingerprint density at radius 1 is 1.38 bits per heavy atom. The van der Waals surface area contributed by atoms with E-state index in [1.54, 1.807) is 6.20 Å². The summed E-state index contributed by atoms with van der Waals surface area (Å²) < 4.78 is 32.2. The van der Waals surface area contributed by atoms with Crippen LogP contribution in [0.15, 0.2) is 18.5 Å². The normalized spacial score (nSPS) is 24.6. The minimum atomic E-state index is -2.43. The van der Waals surface area contributed by atoms with Crippen molar-refractivity contribution in [3.63, 3.8) is 0 Å².